The predicted octanol–water partition coefficient (Wildman–Crippen LogP) is 2.61. The van der Waals surface area contributed by atoms with Crippen LogP contribution in [0.15, 0.2) is 30.6 Å². The van der Waals surface area contributed by atoms with Crippen LogP contribution in [0, 0.1) is 5.82 Å². The highest BCUT2D eigenvalue weighted by Gasteiger charge is 2.07. The van der Waals surface area contributed by atoms with E-state index in [1.54, 1.807) is 23.0 Å². The SMILES string of the molecule is CC(N)Cc1cnn(Cc2cccc(F)c2Cl)c1. The lowest BCUT2D eigenvalue weighted by atomic mass is 10.1. The molecular formula is C13H15ClFN3. The topological polar surface area (TPSA) is 43.8 Å². The Hall–Kier alpha value is -1.39. The monoisotopic (exact) mass is 267 g/mol. The Labute approximate surface area is 110 Å². The molecule has 1 heterocycles. The number of nitrogens with zero attached hydrogens (tertiary/aromatic N) is 2. The van der Waals surface area contributed by atoms with Crippen LogP contribution in [-0.2, 0) is 13.0 Å². The fourth-order valence-corrected chi connectivity index (χ4v) is 2.00. The lowest BCUT2D eigenvalue weighted by Crippen LogP contribution is -2.17. The number of hydrogen-bond donors (Lipinski definition) is 1. The highest BCUT2D eigenvalue weighted by atomic mass is 35.5. The standard InChI is InChI=1S/C13H15ClFN3/c1-9(16)5-10-6-17-18(7-10)8-11-3-2-4-12(15)13(11)14/h2-4,6-7,9H,5,8,16H2,1H3. The minimum atomic E-state index is -0.405. The molecule has 1 aromatic heterocycles. The van der Waals surface area contributed by atoms with Gasteiger partial charge >= 0.3 is 0 Å². The van der Waals surface area contributed by atoms with Gasteiger partial charge in [0, 0.05) is 12.2 Å². The molecule has 0 fully saturated rings. The van der Waals surface area contributed by atoms with Crippen LogP contribution in [0.5, 0.6) is 0 Å². The summed E-state index contributed by atoms with van der Waals surface area (Å²) < 4.78 is 15.0. The van der Waals surface area contributed by atoms with Gasteiger partial charge in [0.25, 0.3) is 0 Å². The molecule has 0 bridgehead atoms. The van der Waals surface area contributed by atoms with Crippen molar-refractivity contribution < 1.29 is 4.39 Å². The predicted molar refractivity (Wildman–Crippen MR) is 70.1 cm³/mol. The van der Waals surface area contributed by atoms with Crippen LogP contribution in [0.3, 0.4) is 0 Å². The largest absolute Gasteiger partial charge is 0.328 e. The van der Waals surface area contributed by atoms with E-state index in [1.165, 1.54) is 6.07 Å². The summed E-state index contributed by atoms with van der Waals surface area (Å²) in [5, 5.41) is 4.37. The third-order valence-electron chi connectivity index (χ3n) is 2.61. The summed E-state index contributed by atoms with van der Waals surface area (Å²) in [4.78, 5) is 0. The van der Waals surface area contributed by atoms with Crippen molar-refractivity contribution in [3.63, 3.8) is 0 Å². The number of nitrogens with two attached hydrogens (primary N) is 1. The van der Waals surface area contributed by atoms with Gasteiger partial charge in [0.2, 0.25) is 0 Å². The summed E-state index contributed by atoms with van der Waals surface area (Å²) in [6, 6.07) is 4.87. The first-order valence-electron chi connectivity index (χ1n) is 5.76. The Morgan fingerprint density at radius 3 is 3.00 bits per heavy atom. The van der Waals surface area contributed by atoms with Crippen molar-refractivity contribution in [1.82, 2.24) is 9.78 Å². The molecule has 1 unspecified atom stereocenters. The highest BCUT2D eigenvalue weighted by Crippen LogP contribution is 2.20. The van der Waals surface area contributed by atoms with E-state index in [4.69, 9.17) is 17.3 Å². The van der Waals surface area contributed by atoms with Gasteiger partial charge in [-0.15, -0.1) is 0 Å². The molecule has 1 aromatic carbocycles. The molecule has 0 saturated heterocycles. The Balaban J connectivity index is 2.14. The van der Waals surface area contributed by atoms with Gasteiger partial charge in [-0.1, -0.05) is 23.7 Å². The summed E-state index contributed by atoms with van der Waals surface area (Å²) in [5.41, 5.74) is 7.50. The number of rotatable bonds is 4. The summed E-state index contributed by atoms with van der Waals surface area (Å²) in [6.45, 7) is 2.40. The van der Waals surface area contributed by atoms with Gasteiger partial charge in [-0.3, -0.25) is 4.68 Å². The van der Waals surface area contributed by atoms with E-state index in [1.807, 2.05) is 13.1 Å². The first kappa shape index (κ1) is 13.1. The second-order valence-electron chi connectivity index (χ2n) is 4.44. The molecular weight excluding hydrogens is 253 g/mol. The average Bonchev–Trinajstić information content (AvgIpc) is 2.71. The molecule has 0 radical (unpaired) electrons. The normalized spacial score (nSPS) is 12.7. The molecule has 0 aliphatic carbocycles. The van der Waals surface area contributed by atoms with Crippen molar-refractivity contribution in [3.8, 4) is 0 Å². The maximum atomic E-state index is 13.3. The van der Waals surface area contributed by atoms with E-state index in [-0.39, 0.29) is 11.1 Å². The number of hydrogen-bond acceptors (Lipinski definition) is 2. The van der Waals surface area contributed by atoms with Gasteiger partial charge < -0.3 is 5.73 Å². The Bertz CT molecular complexity index is 537. The van der Waals surface area contributed by atoms with Crippen molar-refractivity contribution in [3.05, 3.63) is 52.6 Å². The van der Waals surface area contributed by atoms with Crippen LogP contribution in [0.25, 0.3) is 0 Å². The molecule has 96 valence electrons. The van der Waals surface area contributed by atoms with Crippen LogP contribution < -0.4 is 5.73 Å². The summed E-state index contributed by atoms with van der Waals surface area (Å²) >= 11 is 5.90. The molecule has 3 nitrogen and oxygen atoms in total. The number of halogens is 2. The van der Waals surface area contributed by atoms with Gasteiger partial charge in [0.05, 0.1) is 17.8 Å². The molecule has 2 N–H and O–H groups in total. The minimum absolute atomic E-state index is 0.0976. The average molecular weight is 268 g/mol. The Kier molecular flexibility index (Phi) is 3.99. The maximum absolute atomic E-state index is 13.3. The lowest BCUT2D eigenvalue weighted by Gasteiger charge is -2.05. The van der Waals surface area contributed by atoms with Gasteiger partial charge in [-0.2, -0.15) is 5.10 Å². The van der Waals surface area contributed by atoms with E-state index in [0.717, 1.165) is 12.0 Å². The third-order valence-corrected chi connectivity index (χ3v) is 3.03. The van der Waals surface area contributed by atoms with Gasteiger partial charge in [-0.05, 0) is 30.5 Å². The van der Waals surface area contributed by atoms with Gasteiger partial charge in [0.1, 0.15) is 5.82 Å². The zero-order valence-electron chi connectivity index (χ0n) is 10.1. The van der Waals surface area contributed by atoms with E-state index < -0.39 is 5.82 Å². The van der Waals surface area contributed by atoms with E-state index in [2.05, 4.69) is 5.10 Å². The summed E-state index contributed by atoms with van der Waals surface area (Å²) in [7, 11) is 0. The van der Waals surface area contributed by atoms with Crippen LogP contribution in [-0.4, -0.2) is 15.8 Å². The minimum Gasteiger partial charge on any atom is -0.328 e. The smallest absolute Gasteiger partial charge is 0.142 e. The third kappa shape index (κ3) is 3.09. The van der Waals surface area contributed by atoms with Crippen molar-refractivity contribution in [2.75, 3.05) is 0 Å². The molecule has 1 atom stereocenters. The maximum Gasteiger partial charge on any atom is 0.142 e. The molecule has 0 aliphatic rings. The van der Waals surface area contributed by atoms with E-state index in [0.29, 0.717) is 12.1 Å². The molecule has 0 saturated carbocycles. The molecule has 5 heteroatoms. The van der Waals surface area contributed by atoms with Crippen LogP contribution in [0.2, 0.25) is 5.02 Å². The molecule has 0 amide bonds. The number of benzene rings is 1. The quantitative estimate of drug-likeness (QED) is 0.925. The van der Waals surface area contributed by atoms with Crippen molar-refractivity contribution in [1.29, 1.82) is 0 Å². The van der Waals surface area contributed by atoms with Crippen molar-refractivity contribution >= 4 is 11.6 Å². The fraction of sp³-hybridized carbons (Fsp3) is 0.308. The lowest BCUT2D eigenvalue weighted by molar-refractivity contribution is 0.619. The molecule has 2 rings (SSSR count). The molecule has 0 spiro atoms. The Morgan fingerprint density at radius 1 is 1.50 bits per heavy atom. The highest BCUT2D eigenvalue weighted by molar-refractivity contribution is 6.31. The van der Waals surface area contributed by atoms with Crippen molar-refractivity contribution in [2.45, 2.75) is 25.9 Å². The molecule has 0 aliphatic heterocycles. The van der Waals surface area contributed by atoms with Crippen LogP contribution in [0.4, 0.5) is 4.39 Å². The van der Waals surface area contributed by atoms with E-state index >= 15 is 0 Å². The second kappa shape index (κ2) is 5.50. The summed E-state index contributed by atoms with van der Waals surface area (Å²) in [5.74, 6) is -0.405. The van der Waals surface area contributed by atoms with E-state index in [9.17, 15) is 4.39 Å². The van der Waals surface area contributed by atoms with Gasteiger partial charge in [-0.25, -0.2) is 4.39 Å². The second-order valence-corrected chi connectivity index (χ2v) is 4.82. The zero-order chi connectivity index (χ0) is 13.1. The first-order valence-corrected chi connectivity index (χ1v) is 6.14. The Morgan fingerprint density at radius 2 is 2.28 bits per heavy atom. The van der Waals surface area contributed by atoms with Crippen LogP contribution in [0.1, 0.15) is 18.1 Å². The van der Waals surface area contributed by atoms with Gasteiger partial charge in [0.15, 0.2) is 0 Å². The van der Waals surface area contributed by atoms with Crippen molar-refractivity contribution in [2.24, 2.45) is 5.73 Å². The first-order chi connectivity index (χ1) is 8.56. The fourth-order valence-electron chi connectivity index (χ4n) is 1.82. The molecule has 18 heavy (non-hydrogen) atoms. The number of aromatic nitrogens is 2. The zero-order valence-corrected chi connectivity index (χ0v) is 10.9. The van der Waals surface area contributed by atoms with Crippen LogP contribution >= 0.6 is 11.6 Å². The molecule has 2 aromatic rings. The summed E-state index contributed by atoms with van der Waals surface area (Å²) in [6.07, 6.45) is 4.46.